The number of hydrogen-bond donors (Lipinski definition) is 3. The zero-order chi connectivity index (χ0) is 18.6. The molecule has 0 radical (unpaired) electrons. The molecular formula is C18H25NO6. The molecule has 7 nitrogen and oxygen atoms in total. The van der Waals surface area contributed by atoms with E-state index in [4.69, 9.17) is 15.2 Å². The van der Waals surface area contributed by atoms with Crippen LogP contribution in [0.4, 0.5) is 0 Å². The molecule has 1 aliphatic rings. The van der Waals surface area contributed by atoms with Gasteiger partial charge in [0.1, 0.15) is 18.2 Å². The van der Waals surface area contributed by atoms with Crippen LogP contribution in [-0.2, 0) is 25.5 Å². The van der Waals surface area contributed by atoms with E-state index in [-0.39, 0.29) is 29.8 Å². The first-order valence-electron chi connectivity index (χ1n) is 8.45. The Bertz CT molecular complexity index is 628. The van der Waals surface area contributed by atoms with Gasteiger partial charge in [-0.25, -0.2) is 0 Å². The average Bonchev–Trinajstić information content (AvgIpc) is 2.48. The van der Waals surface area contributed by atoms with Crippen molar-refractivity contribution < 1.29 is 29.3 Å². The zero-order valence-electron chi connectivity index (χ0n) is 14.5. The predicted molar refractivity (Wildman–Crippen MR) is 89.9 cm³/mol. The highest BCUT2D eigenvalue weighted by Gasteiger charge is 2.30. The van der Waals surface area contributed by atoms with Crippen molar-refractivity contribution in [3.63, 3.8) is 0 Å². The van der Waals surface area contributed by atoms with Gasteiger partial charge in [0.25, 0.3) is 0 Å². The second kappa shape index (κ2) is 8.20. The Morgan fingerprint density at radius 1 is 1.16 bits per heavy atom. The standard InChI is InChI=1S/C18H25NO6/c1-10(24-17(22)13-4-3-5-13)11(2)25-18(23)14(19)8-12-6-7-15(20)16(21)9-12/h6-7,9-11,13-14,20-21H,3-5,8,19H2,1-2H3/t10?,11-,14+/m1/s1. The minimum atomic E-state index is -0.930. The molecule has 1 fully saturated rings. The third-order valence-electron chi connectivity index (χ3n) is 4.50. The highest BCUT2D eigenvalue weighted by molar-refractivity contribution is 5.76. The summed E-state index contributed by atoms with van der Waals surface area (Å²) in [5.41, 5.74) is 6.43. The number of carbonyl (C=O) groups is 2. The lowest BCUT2D eigenvalue weighted by Gasteiger charge is -2.27. The lowest BCUT2D eigenvalue weighted by atomic mass is 9.86. The fourth-order valence-corrected chi connectivity index (χ4v) is 2.42. The summed E-state index contributed by atoms with van der Waals surface area (Å²) < 4.78 is 10.6. The Labute approximate surface area is 146 Å². The van der Waals surface area contributed by atoms with E-state index in [1.165, 1.54) is 12.1 Å². The van der Waals surface area contributed by atoms with Gasteiger partial charge in [0.05, 0.1) is 5.92 Å². The maximum absolute atomic E-state index is 12.1. The molecule has 4 N–H and O–H groups in total. The van der Waals surface area contributed by atoms with Gasteiger partial charge in [0, 0.05) is 0 Å². The molecule has 0 bridgehead atoms. The number of esters is 2. The van der Waals surface area contributed by atoms with E-state index in [1.54, 1.807) is 19.9 Å². The molecule has 25 heavy (non-hydrogen) atoms. The van der Waals surface area contributed by atoms with Crippen molar-refractivity contribution >= 4 is 11.9 Å². The first-order chi connectivity index (χ1) is 11.8. The molecule has 1 aromatic rings. The molecule has 0 spiro atoms. The molecule has 1 saturated carbocycles. The second-order valence-corrected chi connectivity index (χ2v) is 6.55. The van der Waals surface area contributed by atoms with Gasteiger partial charge in [-0.05, 0) is 50.8 Å². The number of carbonyl (C=O) groups excluding carboxylic acids is 2. The molecule has 0 aliphatic heterocycles. The monoisotopic (exact) mass is 351 g/mol. The number of benzene rings is 1. The van der Waals surface area contributed by atoms with Gasteiger partial charge < -0.3 is 25.4 Å². The fourth-order valence-electron chi connectivity index (χ4n) is 2.42. The van der Waals surface area contributed by atoms with Crippen molar-refractivity contribution in [2.24, 2.45) is 11.7 Å². The summed E-state index contributed by atoms with van der Waals surface area (Å²) >= 11 is 0. The molecule has 3 atom stereocenters. The number of aromatic hydroxyl groups is 2. The Morgan fingerprint density at radius 3 is 2.36 bits per heavy atom. The molecule has 1 aromatic carbocycles. The molecule has 0 amide bonds. The van der Waals surface area contributed by atoms with Crippen molar-refractivity contribution in [3.8, 4) is 11.5 Å². The topological polar surface area (TPSA) is 119 Å². The lowest BCUT2D eigenvalue weighted by Crippen LogP contribution is -2.40. The van der Waals surface area contributed by atoms with Crippen LogP contribution < -0.4 is 5.73 Å². The first-order valence-corrected chi connectivity index (χ1v) is 8.45. The van der Waals surface area contributed by atoms with Crippen LogP contribution in [0, 0.1) is 5.92 Å². The summed E-state index contributed by atoms with van der Waals surface area (Å²) in [4.78, 5) is 23.9. The number of ether oxygens (including phenoxy) is 2. The van der Waals surface area contributed by atoms with Gasteiger partial charge in [0.15, 0.2) is 11.5 Å². The average molecular weight is 351 g/mol. The van der Waals surface area contributed by atoms with E-state index in [2.05, 4.69) is 0 Å². The van der Waals surface area contributed by atoms with E-state index in [9.17, 15) is 19.8 Å². The minimum absolute atomic E-state index is 0.0326. The Kier molecular flexibility index (Phi) is 6.25. The van der Waals surface area contributed by atoms with E-state index < -0.39 is 24.2 Å². The largest absolute Gasteiger partial charge is 0.504 e. The summed E-state index contributed by atoms with van der Waals surface area (Å²) in [6.45, 7) is 3.33. The molecule has 1 unspecified atom stereocenters. The summed E-state index contributed by atoms with van der Waals surface area (Å²) in [6, 6.07) is 3.30. The number of phenolic OH excluding ortho intramolecular Hbond substituents is 2. The van der Waals surface area contributed by atoms with Crippen molar-refractivity contribution in [1.29, 1.82) is 0 Å². The maximum Gasteiger partial charge on any atom is 0.323 e. The van der Waals surface area contributed by atoms with Gasteiger partial charge in [-0.3, -0.25) is 9.59 Å². The molecular weight excluding hydrogens is 326 g/mol. The van der Waals surface area contributed by atoms with Gasteiger partial charge in [-0.1, -0.05) is 12.5 Å². The van der Waals surface area contributed by atoms with E-state index in [0.29, 0.717) is 5.56 Å². The third kappa shape index (κ3) is 5.09. The molecule has 2 rings (SSSR count). The number of hydrogen-bond acceptors (Lipinski definition) is 7. The van der Waals surface area contributed by atoms with Gasteiger partial charge in [0.2, 0.25) is 0 Å². The van der Waals surface area contributed by atoms with Gasteiger partial charge in [-0.2, -0.15) is 0 Å². The number of phenols is 2. The normalized spacial score (nSPS) is 17.9. The number of nitrogens with two attached hydrogens (primary N) is 1. The van der Waals surface area contributed by atoms with E-state index in [1.807, 2.05) is 0 Å². The summed E-state index contributed by atoms with van der Waals surface area (Å²) in [6.07, 6.45) is 1.72. The molecule has 0 aromatic heterocycles. The van der Waals surface area contributed by atoms with Crippen LogP contribution in [0.15, 0.2) is 18.2 Å². The van der Waals surface area contributed by atoms with Crippen LogP contribution in [0.3, 0.4) is 0 Å². The third-order valence-corrected chi connectivity index (χ3v) is 4.50. The van der Waals surface area contributed by atoms with Gasteiger partial charge in [-0.15, -0.1) is 0 Å². The van der Waals surface area contributed by atoms with Crippen LogP contribution in [0.25, 0.3) is 0 Å². The Hall–Kier alpha value is -2.28. The Balaban J connectivity index is 1.82. The molecule has 0 saturated heterocycles. The minimum Gasteiger partial charge on any atom is -0.504 e. The molecule has 1 aliphatic carbocycles. The van der Waals surface area contributed by atoms with Gasteiger partial charge >= 0.3 is 11.9 Å². The molecule has 138 valence electrons. The van der Waals surface area contributed by atoms with Crippen molar-refractivity contribution in [1.82, 2.24) is 0 Å². The van der Waals surface area contributed by atoms with Crippen LogP contribution in [-0.4, -0.2) is 40.4 Å². The lowest BCUT2D eigenvalue weighted by molar-refractivity contribution is -0.170. The molecule has 0 heterocycles. The first kappa shape index (κ1) is 19.1. The highest BCUT2D eigenvalue weighted by atomic mass is 16.6. The second-order valence-electron chi connectivity index (χ2n) is 6.55. The van der Waals surface area contributed by atoms with Crippen LogP contribution in [0.2, 0.25) is 0 Å². The van der Waals surface area contributed by atoms with Crippen molar-refractivity contribution in [3.05, 3.63) is 23.8 Å². The van der Waals surface area contributed by atoms with Crippen molar-refractivity contribution in [2.45, 2.75) is 57.8 Å². The Morgan fingerprint density at radius 2 is 1.80 bits per heavy atom. The van der Waals surface area contributed by atoms with Crippen LogP contribution in [0.1, 0.15) is 38.7 Å². The van der Waals surface area contributed by atoms with Crippen molar-refractivity contribution in [2.75, 3.05) is 0 Å². The van der Waals surface area contributed by atoms with Crippen LogP contribution >= 0.6 is 0 Å². The van der Waals surface area contributed by atoms with E-state index in [0.717, 1.165) is 19.3 Å². The molecule has 7 heteroatoms. The zero-order valence-corrected chi connectivity index (χ0v) is 14.5. The summed E-state index contributed by atoms with van der Waals surface area (Å²) in [5, 5.41) is 18.8. The summed E-state index contributed by atoms with van der Waals surface area (Å²) in [5.74, 6) is -1.41. The maximum atomic E-state index is 12.1. The smallest absolute Gasteiger partial charge is 0.323 e. The fraction of sp³-hybridized carbons (Fsp3) is 0.556. The quantitative estimate of drug-likeness (QED) is 0.504. The SMILES string of the molecule is CC(OC(=O)C1CCC1)[C@@H](C)OC(=O)[C@@H](N)Cc1ccc(O)c(O)c1. The van der Waals surface area contributed by atoms with E-state index >= 15 is 0 Å². The van der Waals surface area contributed by atoms with Crippen LogP contribution in [0.5, 0.6) is 11.5 Å². The summed E-state index contributed by atoms with van der Waals surface area (Å²) in [7, 11) is 0. The highest BCUT2D eigenvalue weighted by Crippen LogP contribution is 2.28. The predicted octanol–water partition coefficient (Wildman–Crippen LogP) is 1.63. The number of rotatable bonds is 7.